The molecule has 0 aliphatic heterocycles. The molecule has 1 rings (SSSR count). The Labute approximate surface area is 118 Å². The number of hydrogen-bond acceptors (Lipinski definition) is 2. The van der Waals surface area contributed by atoms with E-state index in [9.17, 15) is 0 Å². The fourth-order valence-corrected chi connectivity index (χ4v) is 3.46. The largest absolute Gasteiger partial charge is 0.303 e. The average molecular weight is 318 g/mol. The average Bonchev–Trinajstić information content (AvgIpc) is 2.79. The molecule has 0 spiro atoms. The van der Waals surface area contributed by atoms with Crippen molar-refractivity contribution in [3.8, 4) is 0 Å². The fraction of sp³-hybridized carbons (Fsp3) is 0.714. The summed E-state index contributed by atoms with van der Waals surface area (Å²) < 4.78 is 0. The van der Waals surface area contributed by atoms with Crippen molar-refractivity contribution in [1.82, 2.24) is 4.90 Å². The first-order chi connectivity index (χ1) is 8.13. The molecule has 0 saturated heterocycles. The van der Waals surface area contributed by atoms with Crippen LogP contribution in [-0.2, 0) is 6.42 Å². The highest BCUT2D eigenvalue weighted by molar-refractivity contribution is 9.09. The van der Waals surface area contributed by atoms with E-state index >= 15 is 0 Å². The van der Waals surface area contributed by atoms with E-state index in [4.69, 9.17) is 0 Å². The molecule has 0 aromatic carbocycles. The van der Waals surface area contributed by atoms with Crippen LogP contribution in [-0.4, -0.2) is 29.9 Å². The van der Waals surface area contributed by atoms with Gasteiger partial charge >= 0.3 is 0 Å². The van der Waals surface area contributed by atoms with Crippen LogP contribution >= 0.6 is 27.3 Å². The molecule has 1 aromatic heterocycles. The van der Waals surface area contributed by atoms with Crippen LogP contribution in [0.15, 0.2) is 17.5 Å². The van der Waals surface area contributed by atoms with Crippen molar-refractivity contribution in [2.45, 2.75) is 39.2 Å². The van der Waals surface area contributed by atoms with Gasteiger partial charge in [0.2, 0.25) is 0 Å². The maximum absolute atomic E-state index is 3.51. The van der Waals surface area contributed by atoms with E-state index in [1.54, 1.807) is 0 Å². The topological polar surface area (TPSA) is 3.24 Å². The summed E-state index contributed by atoms with van der Waals surface area (Å²) in [6.07, 6.45) is 3.77. The Kier molecular flexibility index (Phi) is 7.40. The molecule has 2 atom stereocenters. The second kappa shape index (κ2) is 8.28. The van der Waals surface area contributed by atoms with Crippen LogP contribution in [0.25, 0.3) is 0 Å². The van der Waals surface area contributed by atoms with E-state index in [2.05, 4.69) is 59.2 Å². The lowest BCUT2D eigenvalue weighted by Gasteiger charge is -2.25. The van der Waals surface area contributed by atoms with Gasteiger partial charge < -0.3 is 4.90 Å². The SMILES string of the molecule is CC(CCBr)CCN(C)C(C)Cc1cccs1. The molecular weight excluding hydrogens is 294 g/mol. The summed E-state index contributed by atoms with van der Waals surface area (Å²) in [4.78, 5) is 3.99. The molecule has 17 heavy (non-hydrogen) atoms. The van der Waals surface area contributed by atoms with Gasteiger partial charge in [0, 0.05) is 16.2 Å². The van der Waals surface area contributed by atoms with Crippen molar-refractivity contribution in [2.75, 3.05) is 18.9 Å². The minimum Gasteiger partial charge on any atom is -0.303 e. The number of alkyl halides is 1. The number of rotatable bonds is 8. The van der Waals surface area contributed by atoms with Crippen molar-refractivity contribution in [1.29, 1.82) is 0 Å². The van der Waals surface area contributed by atoms with Gasteiger partial charge in [0.1, 0.15) is 0 Å². The van der Waals surface area contributed by atoms with Crippen LogP contribution in [0.4, 0.5) is 0 Å². The molecule has 0 saturated carbocycles. The van der Waals surface area contributed by atoms with Crippen LogP contribution in [0.3, 0.4) is 0 Å². The number of nitrogens with zero attached hydrogens (tertiary/aromatic N) is 1. The second-order valence-electron chi connectivity index (χ2n) is 4.98. The van der Waals surface area contributed by atoms with Crippen molar-refractivity contribution < 1.29 is 0 Å². The lowest BCUT2D eigenvalue weighted by molar-refractivity contribution is 0.239. The van der Waals surface area contributed by atoms with Gasteiger partial charge in [0.05, 0.1) is 0 Å². The minimum atomic E-state index is 0.643. The molecule has 98 valence electrons. The number of likely N-dealkylation sites (N-methyl/N-ethyl adjacent to an activating group) is 1. The molecule has 2 unspecified atom stereocenters. The van der Waals surface area contributed by atoms with E-state index in [1.165, 1.54) is 30.7 Å². The summed E-state index contributed by atoms with van der Waals surface area (Å²) >= 11 is 5.38. The Hall–Kier alpha value is 0.140. The normalized spacial score (nSPS) is 15.1. The molecular formula is C14H24BrNS. The van der Waals surface area contributed by atoms with Crippen molar-refractivity contribution in [2.24, 2.45) is 5.92 Å². The van der Waals surface area contributed by atoms with Gasteiger partial charge in [0.15, 0.2) is 0 Å². The molecule has 3 heteroatoms. The van der Waals surface area contributed by atoms with Crippen molar-refractivity contribution in [3.05, 3.63) is 22.4 Å². The number of thiophene rings is 1. The summed E-state index contributed by atoms with van der Waals surface area (Å²) in [5.41, 5.74) is 0. The molecule has 0 N–H and O–H groups in total. The van der Waals surface area contributed by atoms with E-state index in [-0.39, 0.29) is 0 Å². The summed E-state index contributed by atoms with van der Waals surface area (Å²) in [5.74, 6) is 0.825. The molecule has 0 aliphatic carbocycles. The Morgan fingerprint density at radius 3 is 2.71 bits per heavy atom. The summed E-state index contributed by atoms with van der Waals surface area (Å²) in [7, 11) is 2.25. The monoisotopic (exact) mass is 317 g/mol. The number of hydrogen-bond donors (Lipinski definition) is 0. The molecule has 1 aromatic rings. The fourth-order valence-electron chi connectivity index (χ4n) is 1.85. The Bertz CT molecular complexity index is 286. The molecule has 0 radical (unpaired) electrons. The molecule has 0 amide bonds. The third kappa shape index (κ3) is 6.03. The van der Waals surface area contributed by atoms with Crippen LogP contribution in [0, 0.1) is 5.92 Å². The van der Waals surface area contributed by atoms with Crippen molar-refractivity contribution in [3.63, 3.8) is 0 Å². The first-order valence-corrected chi connectivity index (χ1v) is 8.42. The smallest absolute Gasteiger partial charge is 0.0112 e. The maximum Gasteiger partial charge on any atom is 0.0112 e. The molecule has 0 fully saturated rings. The molecule has 0 aliphatic rings. The maximum atomic E-state index is 3.51. The highest BCUT2D eigenvalue weighted by atomic mass is 79.9. The molecule has 0 bridgehead atoms. The third-order valence-corrected chi connectivity index (χ3v) is 4.76. The predicted octanol–water partition coefficient (Wildman–Crippen LogP) is 4.42. The van der Waals surface area contributed by atoms with Gasteiger partial charge in [-0.3, -0.25) is 0 Å². The molecule has 1 nitrogen and oxygen atoms in total. The van der Waals surface area contributed by atoms with Gasteiger partial charge in [-0.2, -0.15) is 0 Å². The van der Waals surface area contributed by atoms with Crippen molar-refractivity contribution >= 4 is 27.3 Å². The third-order valence-electron chi connectivity index (χ3n) is 3.41. The Balaban J connectivity index is 2.24. The van der Waals surface area contributed by atoms with E-state index in [0.717, 1.165) is 11.2 Å². The van der Waals surface area contributed by atoms with E-state index in [0.29, 0.717) is 6.04 Å². The van der Waals surface area contributed by atoms with E-state index < -0.39 is 0 Å². The quantitative estimate of drug-likeness (QED) is 0.641. The zero-order valence-corrected chi connectivity index (χ0v) is 13.6. The van der Waals surface area contributed by atoms with Gasteiger partial charge in [-0.1, -0.05) is 28.9 Å². The summed E-state index contributed by atoms with van der Waals surface area (Å²) in [6, 6.07) is 5.03. The summed E-state index contributed by atoms with van der Waals surface area (Å²) in [5, 5.41) is 3.29. The lowest BCUT2D eigenvalue weighted by atomic mass is 10.0. The first-order valence-electron chi connectivity index (χ1n) is 6.42. The van der Waals surface area contributed by atoms with E-state index in [1.807, 2.05) is 11.3 Å². The Morgan fingerprint density at radius 2 is 2.12 bits per heavy atom. The predicted molar refractivity (Wildman–Crippen MR) is 82.3 cm³/mol. The highest BCUT2D eigenvalue weighted by Gasteiger charge is 2.11. The van der Waals surface area contributed by atoms with Crippen LogP contribution < -0.4 is 0 Å². The number of halogens is 1. The molecule has 1 heterocycles. The van der Waals surface area contributed by atoms with Gasteiger partial charge in [-0.05, 0) is 57.1 Å². The standard InChI is InChI=1S/C14H24BrNS/c1-12(6-8-15)7-9-16(3)13(2)11-14-5-4-10-17-14/h4-5,10,12-13H,6-9,11H2,1-3H3. The van der Waals surface area contributed by atoms with Crippen LogP contribution in [0.1, 0.15) is 31.6 Å². The zero-order valence-electron chi connectivity index (χ0n) is 11.2. The van der Waals surface area contributed by atoms with Gasteiger partial charge in [-0.15, -0.1) is 11.3 Å². The Morgan fingerprint density at radius 1 is 1.35 bits per heavy atom. The first kappa shape index (κ1) is 15.2. The van der Waals surface area contributed by atoms with Crippen LogP contribution in [0.5, 0.6) is 0 Å². The van der Waals surface area contributed by atoms with Crippen LogP contribution in [0.2, 0.25) is 0 Å². The lowest BCUT2D eigenvalue weighted by Crippen LogP contribution is -2.32. The zero-order chi connectivity index (χ0) is 12.7. The second-order valence-corrected chi connectivity index (χ2v) is 6.81. The minimum absolute atomic E-state index is 0.643. The van der Waals surface area contributed by atoms with Gasteiger partial charge in [0.25, 0.3) is 0 Å². The summed E-state index contributed by atoms with van der Waals surface area (Å²) in [6.45, 7) is 5.88. The highest BCUT2D eigenvalue weighted by Crippen LogP contribution is 2.15. The van der Waals surface area contributed by atoms with Gasteiger partial charge in [-0.25, -0.2) is 0 Å².